The second-order valence-corrected chi connectivity index (χ2v) is 7.59. The molecule has 1 saturated carbocycles. The minimum absolute atomic E-state index is 0.568. The molecule has 96 valence electrons. The van der Waals surface area contributed by atoms with Gasteiger partial charge in [0.05, 0.1) is 0 Å². The van der Waals surface area contributed by atoms with E-state index in [0.29, 0.717) is 5.41 Å². The van der Waals surface area contributed by atoms with Crippen molar-refractivity contribution in [2.45, 2.75) is 45.6 Å². The summed E-state index contributed by atoms with van der Waals surface area (Å²) in [6, 6.07) is 2.12. The van der Waals surface area contributed by atoms with Crippen LogP contribution in [0.2, 0.25) is 4.34 Å². The molecule has 1 aliphatic rings. The summed E-state index contributed by atoms with van der Waals surface area (Å²) in [4.78, 5) is 1.31. The normalized spacial score (nSPS) is 18.8. The van der Waals surface area contributed by atoms with E-state index in [1.54, 1.807) is 11.3 Å². The Balaban J connectivity index is 1.82. The van der Waals surface area contributed by atoms with E-state index >= 15 is 0 Å². The summed E-state index contributed by atoms with van der Waals surface area (Å²) >= 11 is 11.1. The quantitative estimate of drug-likeness (QED) is 0.777. The molecule has 0 radical (unpaired) electrons. The summed E-state index contributed by atoms with van der Waals surface area (Å²) in [5, 5.41) is 3.61. The van der Waals surface area contributed by atoms with Crippen LogP contribution in [-0.4, -0.2) is 6.54 Å². The lowest BCUT2D eigenvalue weighted by Crippen LogP contribution is -2.31. The van der Waals surface area contributed by atoms with Crippen molar-refractivity contribution in [3.05, 3.63) is 19.8 Å². The molecule has 0 aromatic carbocycles. The predicted molar refractivity (Wildman–Crippen MR) is 79.9 cm³/mol. The van der Waals surface area contributed by atoms with Crippen molar-refractivity contribution < 1.29 is 0 Å². The molecule has 0 unspecified atom stereocenters. The molecule has 4 heteroatoms. The highest BCUT2D eigenvalue weighted by molar-refractivity contribution is 9.10. The van der Waals surface area contributed by atoms with Crippen LogP contribution in [0.25, 0.3) is 0 Å². The van der Waals surface area contributed by atoms with Crippen molar-refractivity contribution in [1.29, 1.82) is 0 Å². The van der Waals surface area contributed by atoms with E-state index in [9.17, 15) is 0 Å². The Morgan fingerprint density at radius 3 is 2.71 bits per heavy atom. The number of nitrogens with one attached hydrogen (secondary N) is 1. The molecule has 0 amide bonds. The molecule has 0 saturated heterocycles. The van der Waals surface area contributed by atoms with Gasteiger partial charge in [-0.15, -0.1) is 11.3 Å². The molecule has 1 aliphatic carbocycles. The maximum Gasteiger partial charge on any atom is 0.107 e. The van der Waals surface area contributed by atoms with Crippen molar-refractivity contribution in [2.24, 2.45) is 5.41 Å². The van der Waals surface area contributed by atoms with Crippen LogP contribution in [0.4, 0.5) is 0 Å². The summed E-state index contributed by atoms with van der Waals surface area (Å²) < 4.78 is 1.87. The first-order valence-electron chi connectivity index (χ1n) is 6.30. The van der Waals surface area contributed by atoms with Crippen molar-refractivity contribution in [3.63, 3.8) is 0 Å². The maximum atomic E-state index is 6.03. The topological polar surface area (TPSA) is 12.0 Å². The van der Waals surface area contributed by atoms with E-state index in [0.717, 1.165) is 21.9 Å². The zero-order valence-electron chi connectivity index (χ0n) is 10.2. The fourth-order valence-corrected chi connectivity index (χ4v) is 4.47. The smallest absolute Gasteiger partial charge is 0.107 e. The third-order valence-electron chi connectivity index (χ3n) is 3.91. The van der Waals surface area contributed by atoms with Crippen molar-refractivity contribution in [3.8, 4) is 0 Å². The lowest BCUT2D eigenvalue weighted by Gasteiger charge is -2.27. The summed E-state index contributed by atoms with van der Waals surface area (Å²) in [6.07, 6.45) is 6.91. The van der Waals surface area contributed by atoms with Crippen LogP contribution in [0.15, 0.2) is 10.5 Å². The third kappa shape index (κ3) is 3.46. The first-order valence-corrected chi connectivity index (χ1v) is 8.28. The Morgan fingerprint density at radius 2 is 2.18 bits per heavy atom. The zero-order valence-corrected chi connectivity index (χ0v) is 13.3. The standard InChI is InChI=1S/C13H19BrClNS/c1-2-13(5-3-4-6-13)9-16-8-10-7-11(14)12(15)17-10/h7,16H,2-6,8-9H2,1H3. The molecule has 0 aliphatic heterocycles. The first-order chi connectivity index (χ1) is 8.15. The van der Waals surface area contributed by atoms with Crippen LogP contribution in [0.5, 0.6) is 0 Å². The second-order valence-electron chi connectivity index (χ2n) is 5.00. The number of hydrogen-bond acceptors (Lipinski definition) is 2. The summed E-state index contributed by atoms with van der Waals surface area (Å²) in [5.74, 6) is 0. The number of thiophene rings is 1. The largest absolute Gasteiger partial charge is 0.311 e. The number of halogens is 2. The van der Waals surface area contributed by atoms with E-state index in [1.807, 2.05) is 0 Å². The fourth-order valence-electron chi connectivity index (χ4n) is 2.71. The SMILES string of the molecule is CCC1(CNCc2cc(Br)c(Cl)s2)CCCC1. The molecule has 0 bridgehead atoms. The van der Waals surface area contributed by atoms with Crippen LogP contribution in [0, 0.1) is 5.41 Å². The Bertz CT molecular complexity index is 352. The summed E-state index contributed by atoms with van der Waals surface area (Å²) in [5.41, 5.74) is 0.568. The van der Waals surface area contributed by atoms with E-state index in [1.165, 1.54) is 37.0 Å². The van der Waals surface area contributed by atoms with Crippen LogP contribution >= 0.6 is 38.9 Å². The molecule has 0 spiro atoms. The monoisotopic (exact) mass is 335 g/mol. The third-order valence-corrected chi connectivity index (χ3v) is 6.38. The van der Waals surface area contributed by atoms with Gasteiger partial charge in [-0.3, -0.25) is 0 Å². The lowest BCUT2D eigenvalue weighted by molar-refractivity contribution is 0.268. The molecule has 0 atom stereocenters. The minimum atomic E-state index is 0.568. The lowest BCUT2D eigenvalue weighted by atomic mass is 9.83. The molecular formula is C13H19BrClNS. The summed E-state index contributed by atoms with van der Waals surface area (Å²) in [7, 11) is 0. The van der Waals surface area contributed by atoms with E-state index in [-0.39, 0.29) is 0 Å². The highest BCUT2D eigenvalue weighted by atomic mass is 79.9. The molecule has 2 rings (SSSR count). The van der Waals surface area contributed by atoms with Crippen molar-refractivity contribution >= 4 is 38.9 Å². The Morgan fingerprint density at radius 1 is 1.47 bits per heavy atom. The Hall–Kier alpha value is 0.430. The molecular weight excluding hydrogens is 318 g/mol. The van der Waals surface area contributed by atoms with Gasteiger partial charge in [0.15, 0.2) is 0 Å². The van der Waals surface area contributed by atoms with Crippen molar-refractivity contribution in [2.75, 3.05) is 6.54 Å². The van der Waals surface area contributed by atoms with Gasteiger partial charge in [0.1, 0.15) is 4.34 Å². The average Bonchev–Trinajstić information content (AvgIpc) is 2.89. The maximum absolute atomic E-state index is 6.03. The van der Waals surface area contributed by atoms with Gasteiger partial charge in [-0.25, -0.2) is 0 Å². The molecule has 1 aromatic rings. The molecule has 1 N–H and O–H groups in total. The van der Waals surface area contributed by atoms with Gasteiger partial charge in [-0.05, 0) is 46.7 Å². The number of hydrogen-bond donors (Lipinski definition) is 1. The van der Waals surface area contributed by atoms with Crippen LogP contribution in [-0.2, 0) is 6.54 Å². The number of rotatable bonds is 5. The van der Waals surface area contributed by atoms with E-state index < -0.39 is 0 Å². The van der Waals surface area contributed by atoms with Crippen LogP contribution < -0.4 is 5.32 Å². The molecule has 1 heterocycles. The molecule has 17 heavy (non-hydrogen) atoms. The van der Waals surface area contributed by atoms with E-state index in [4.69, 9.17) is 11.6 Å². The van der Waals surface area contributed by atoms with E-state index in [2.05, 4.69) is 34.2 Å². The molecule has 1 nitrogen and oxygen atoms in total. The van der Waals surface area contributed by atoms with Gasteiger partial charge in [-0.1, -0.05) is 31.4 Å². The van der Waals surface area contributed by atoms with Gasteiger partial charge < -0.3 is 5.32 Å². The fraction of sp³-hybridized carbons (Fsp3) is 0.692. The first kappa shape index (κ1) is 13.9. The highest BCUT2D eigenvalue weighted by Crippen LogP contribution is 2.40. The van der Waals surface area contributed by atoms with Gasteiger partial charge in [0.2, 0.25) is 0 Å². The van der Waals surface area contributed by atoms with Gasteiger partial charge >= 0.3 is 0 Å². The Kier molecular flexibility index (Phi) is 4.93. The van der Waals surface area contributed by atoms with Crippen LogP contribution in [0.1, 0.15) is 43.9 Å². The Labute approximate surface area is 121 Å². The minimum Gasteiger partial charge on any atom is -0.311 e. The second kappa shape index (κ2) is 6.05. The molecule has 1 aromatic heterocycles. The van der Waals surface area contributed by atoms with Gasteiger partial charge in [0, 0.05) is 22.4 Å². The van der Waals surface area contributed by atoms with Gasteiger partial charge in [0.25, 0.3) is 0 Å². The van der Waals surface area contributed by atoms with Gasteiger partial charge in [-0.2, -0.15) is 0 Å². The average molecular weight is 337 g/mol. The van der Waals surface area contributed by atoms with Crippen molar-refractivity contribution in [1.82, 2.24) is 5.32 Å². The molecule has 1 fully saturated rings. The summed E-state index contributed by atoms with van der Waals surface area (Å²) in [6.45, 7) is 4.42. The predicted octanol–water partition coefficient (Wildman–Crippen LogP) is 5.22. The highest BCUT2D eigenvalue weighted by Gasteiger charge is 2.31. The van der Waals surface area contributed by atoms with Crippen LogP contribution in [0.3, 0.4) is 0 Å². The zero-order chi connectivity index (χ0) is 12.3.